The van der Waals surface area contributed by atoms with Crippen molar-refractivity contribution in [3.05, 3.63) is 34.9 Å². The van der Waals surface area contributed by atoms with Gasteiger partial charge in [-0.1, -0.05) is 18.2 Å². The number of Topliss-reactive ketones (excluding diaryl/α,β-unsaturated/α-hetero) is 1. The fraction of sp³-hybridized carbons (Fsp3) is 0.333. The summed E-state index contributed by atoms with van der Waals surface area (Å²) in [7, 11) is 0. The molecule has 0 aromatic heterocycles. The Morgan fingerprint density at radius 2 is 1.94 bits per heavy atom. The van der Waals surface area contributed by atoms with Crippen LogP contribution in [0.25, 0.3) is 0 Å². The van der Waals surface area contributed by atoms with E-state index in [0.717, 1.165) is 0 Å². The molecule has 17 heavy (non-hydrogen) atoms. The van der Waals surface area contributed by atoms with Gasteiger partial charge >= 0.3 is 5.97 Å². The molecule has 0 amide bonds. The molecule has 5 heteroatoms. The summed E-state index contributed by atoms with van der Waals surface area (Å²) in [5, 5.41) is 17.5. The van der Waals surface area contributed by atoms with Crippen LogP contribution < -0.4 is 0 Å². The lowest BCUT2D eigenvalue weighted by Gasteiger charge is -2.13. The first-order chi connectivity index (χ1) is 7.86. The molecule has 1 aromatic carbocycles. The Hall–Kier alpha value is -1.39. The van der Waals surface area contributed by atoms with Gasteiger partial charge in [0.2, 0.25) is 0 Å². The van der Waals surface area contributed by atoms with Crippen molar-refractivity contribution < 1.29 is 19.8 Å². The van der Waals surface area contributed by atoms with E-state index in [2.05, 4.69) is 0 Å². The molecule has 0 saturated heterocycles. The van der Waals surface area contributed by atoms with Gasteiger partial charge < -0.3 is 10.2 Å². The minimum absolute atomic E-state index is 0.209. The SMILES string of the molecule is Cc1c(C(=O)C(C)Cl)cccc1C(O)C(=O)O. The number of hydrogen-bond acceptors (Lipinski definition) is 3. The molecule has 0 aliphatic heterocycles. The molecule has 2 N–H and O–H groups in total. The molecule has 2 unspecified atom stereocenters. The summed E-state index contributed by atoms with van der Waals surface area (Å²) in [5.74, 6) is -1.64. The van der Waals surface area contributed by atoms with Crippen LogP contribution in [0.5, 0.6) is 0 Å². The number of rotatable bonds is 4. The monoisotopic (exact) mass is 256 g/mol. The van der Waals surface area contributed by atoms with Gasteiger partial charge in [-0.05, 0) is 25.0 Å². The maximum Gasteiger partial charge on any atom is 0.337 e. The van der Waals surface area contributed by atoms with Gasteiger partial charge in [-0.15, -0.1) is 11.6 Å². The highest BCUT2D eigenvalue weighted by atomic mass is 35.5. The molecule has 0 bridgehead atoms. The molecule has 0 aliphatic carbocycles. The standard InChI is InChI=1S/C12H13ClO4/c1-6-8(10(14)7(2)13)4-3-5-9(6)11(15)12(16)17/h3-5,7,11,15H,1-2H3,(H,16,17). The number of carboxylic acids is 1. The van der Waals surface area contributed by atoms with Crippen molar-refractivity contribution >= 4 is 23.4 Å². The summed E-state index contributed by atoms with van der Waals surface area (Å²) in [5.41, 5.74) is 0.992. The van der Waals surface area contributed by atoms with E-state index >= 15 is 0 Å². The summed E-state index contributed by atoms with van der Waals surface area (Å²) in [6.45, 7) is 3.14. The van der Waals surface area contributed by atoms with Crippen LogP contribution in [0.2, 0.25) is 0 Å². The van der Waals surface area contributed by atoms with Crippen LogP contribution in [-0.4, -0.2) is 27.3 Å². The van der Waals surface area contributed by atoms with Crippen molar-refractivity contribution in [1.29, 1.82) is 0 Å². The number of aliphatic hydroxyl groups excluding tert-OH is 1. The number of alkyl halides is 1. The second kappa shape index (κ2) is 5.29. The molecular formula is C12H13ClO4. The molecule has 0 fully saturated rings. The lowest BCUT2D eigenvalue weighted by molar-refractivity contribution is -0.147. The zero-order valence-corrected chi connectivity index (χ0v) is 10.2. The molecule has 0 spiro atoms. The third-order valence-electron chi connectivity index (χ3n) is 2.53. The number of carbonyl (C=O) groups excluding carboxylic acids is 1. The second-order valence-corrected chi connectivity index (χ2v) is 4.40. The van der Waals surface area contributed by atoms with Crippen LogP contribution in [0.3, 0.4) is 0 Å². The van der Waals surface area contributed by atoms with Gasteiger partial charge in [0.15, 0.2) is 11.9 Å². The maximum atomic E-state index is 11.7. The molecule has 0 radical (unpaired) electrons. The number of halogens is 1. The summed E-state index contributed by atoms with van der Waals surface area (Å²) in [4.78, 5) is 22.5. The molecule has 0 heterocycles. The number of aliphatic hydroxyl groups is 1. The Balaban J connectivity index is 3.25. The fourth-order valence-corrected chi connectivity index (χ4v) is 1.68. The van der Waals surface area contributed by atoms with E-state index in [9.17, 15) is 14.7 Å². The van der Waals surface area contributed by atoms with Crippen LogP contribution in [-0.2, 0) is 4.79 Å². The zero-order valence-electron chi connectivity index (χ0n) is 9.48. The van der Waals surface area contributed by atoms with E-state index in [1.54, 1.807) is 19.9 Å². The molecular weight excluding hydrogens is 244 g/mol. The average Bonchev–Trinajstić information content (AvgIpc) is 2.27. The average molecular weight is 257 g/mol. The van der Waals surface area contributed by atoms with Gasteiger partial charge in [0.1, 0.15) is 0 Å². The van der Waals surface area contributed by atoms with E-state index in [4.69, 9.17) is 16.7 Å². The number of carboxylic acid groups (broad SMARTS) is 1. The zero-order chi connectivity index (χ0) is 13.2. The van der Waals surface area contributed by atoms with E-state index in [0.29, 0.717) is 11.1 Å². The largest absolute Gasteiger partial charge is 0.479 e. The molecule has 1 rings (SSSR count). The first kappa shape index (κ1) is 13.7. The smallest absolute Gasteiger partial charge is 0.337 e. The fourth-order valence-electron chi connectivity index (χ4n) is 1.56. The normalized spacial score (nSPS) is 14.1. The van der Waals surface area contributed by atoms with E-state index in [1.165, 1.54) is 12.1 Å². The van der Waals surface area contributed by atoms with Crippen LogP contribution in [0.4, 0.5) is 0 Å². The number of benzene rings is 1. The molecule has 1 aromatic rings. The lowest BCUT2D eigenvalue weighted by atomic mass is 9.95. The van der Waals surface area contributed by atoms with Gasteiger partial charge in [0, 0.05) is 5.56 Å². The van der Waals surface area contributed by atoms with Gasteiger partial charge in [-0.25, -0.2) is 4.79 Å². The van der Waals surface area contributed by atoms with Crippen molar-refractivity contribution in [2.75, 3.05) is 0 Å². The van der Waals surface area contributed by atoms with E-state index in [1.807, 2.05) is 0 Å². The summed E-state index contributed by atoms with van der Waals surface area (Å²) < 4.78 is 0. The number of hydrogen-bond donors (Lipinski definition) is 2. The molecule has 4 nitrogen and oxygen atoms in total. The Morgan fingerprint density at radius 1 is 1.35 bits per heavy atom. The highest BCUT2D eigenvalue weighted by Crippen LogP contribution is 2.22. The predicted molar refractivity (Wildman–Crippen MR) is 63.4 cm³/mol. The quantitative estimate of drug-likeness (QED) is 0.638. The number of aliphatic carboxylic acids is 1. The molecule has 0 aliphatic rings. The van der Waals surface area contributed by atoms with E-state index < -0.39 is 17.5 Å². The number of carbonyl (C=O) groups is 2. The minimum Gasteiger partial charge on any atom is -0.479 e. The third-order valence-corrected chi connectivity index (χ3v) is 2.73. The van der Waals surface area contributed by atoms with Crippen molar-refractivity contribution in [3.8, 4) is 0 Å². The van der Waals surface area contributed by atoms with Crippen LogP contribution in [0.1, 0.15) is 34.5 Å². The van der Waals surface area contributed by atoms with Crippen LogP contribution in [0, 0.1) is 6.92 Å². The van der Waals surface area contributed by atoms with Gasteiger partial charge in [0.05, 0.1) is 5.38 Å². The van der Waals surface area contributed by atoms with Crippen molar-refractivity contribution in [2.24, 2.45) is 0 Å². The molecule has 0 saturated carbocycles. The molecule has 2 atom stereocenters. The first-order valence-electron chi connectivity index (χ1n) is 5.05. The van der Waals surface area contributed by atoms with Crippen molar-refractivity contribution in [1.82, 2.24) is 0 Å². The number of ketones is 1. The highest BCUT2D eigenvalue weighted by Gasteiger charge is 2.22. The van der Waals surface area contributed by atoms with Crippen molar-refractivity contribution in [2.45, 2.75) is 25.3 Å². The lowest BCUT2D eigenvalue weighted by Crippen LogP contribution is -2.16. The van der Waals surface area contributed by atoms with E-state index in [-0.39, 0.29) is 11.3 Å². The first-order valence-corrected chi connectivity index (χ1v) is 5.48. The Labute approximate surface area is 104 Å². The Kier molecular flexibility index (Phi) is 4.26. The Morgan fingerprint density at radius 3 is 2.41 bits per heavy atom. The minimum atomic E-state index is -1.63. The van der Waals surface area contributed by atoms with Gasteiger partial charge in [0.25, 0.3) is 0 Å². The second-order valence-electron chi connectivity index (χ2n) is 3.74. The highest BCUT2D eigenvalue weighted by molar-refractivity contribution is 6.33. The summed E-state index contributed by atoms with van der Waals surface area (Å²) >= 11 is 5.70. The summed E-state index contributed by atoms with van der Waals surface area (Å²) in [6.07, 6.45) is -1.63. The van der Waals surface area contributed by atoms with Gasteiger partial charge in [-0.3, -0.25) is 4.79 Å². The Bertz CT molecular complexity index is 454. The van der Waals surface area contributed by atoms with Crippen LogP contribution in [0.15, 0.2) is 18.2 Å². The topological polar surface area (TPSA) is 74.6 Å². The molecule has 92 valence electrons. The van der Waals surface area contributed by atoms with Gasteiger partial charge in [-0.2, -0.15) is 0 Å². The van der Waals surface area contributed by atoms with Crippen molar-refractivity contribution in [3.63, 3.8) is 0 Å². The maximum absolute atomic E-state index is 11.7. The predicted octanol–water partition coefficient (Wildman–Crippen LogP) is 1.92. The summed E-state index contributed by atoms with van der Waals surface area (Å²) in [6, 6.07) is 4.57. The third kappa shape index (κ3) is 2.84. The van der Waals surface area contributed by atoms with Crippen LogP contribution >= 0.6 is 11.6 Å².